The molecule has 21 heavy (non-hydrogen) atoms. The molecule has 0 aliphatic carbocycles. The largest absolute Gasteiger partial charge is 0.357 e. The van der Waals surface area contributed by atoms with Crippen LogP contribution in [-0.4, -0.2) is 35.5 Å². The van der Waals surface area contributed by atoms with Gasteiger partial charge in [-0.1, -0.05) is 0 Å². The van der Waals surface area contributed by atoms with Crippen LogP contribution in [0.15, 0.2) is 24.5 Å². The van der Waals surface area contributed by atoms with Crippen molar-refractivity contribution >= 4 is 5.91 Å². The molecule has 4 rings (SSSR count). The van der Waals surface area contributed by atoms with Crippen LogP contribution < -0.4 is 10.6 Å². The van der Waals surface area contributed by atoms with Crippen LogP contribution in [0.1, 0.15) is 22.5 Å². The summed E-state index contributed by atoms with van der Waals surface area (Å²) in [4.78, 5) is 19.1. The summed E-state index contributed by atoms with van der Waals surface area (Å²) < 4.78 is 13.9. The second-order valence-electron chi connectivity index (χ2n) is 5.72. The molecule has 2 aliphatic rings. The van der Waals surface area contributed by atoms with E-state index in [0.29, 0.717) is 23.4 Å². The summed E-state index contributed by atoms with van der Waals surface area (Å²) in [5, 5.41) is 6.29. The minimum Gasteiger partial charge on any atom is -0.357 e. The monoisotopic (exact) mass is 286 g/mol. The van der Waals surface area contributed by atoms with E-state index in [1.165, 1.54) is 6.20 Å². The lowest BCUT2D eigenvalue weighted by Crippen LogP contribution is -2.48. The zero-order valence-electron chi connectivity index (χ0n) is 11.4. The number of hydrogen-bond donors (Lipinski definition) is 3. The fourth-order valence-electron chi connectivity index (χ4n) is 3.33. The lowest BCUT2D eigenvalue weighted by molar-refractivity contribution is 0.0926. The van der Waals surface area contributed by atoms with E-state index < -0.39 is 5.82 Å². The number of H-pyrrole nitrogens is 1. The second-order valence-corrected chi connectivity index (χ2v) is 5.72. The van der Waals surface area contributed by atoms with Crippen molar-refractivity contribution in [2.24, 2.45) is 0 Å². The molecule has 2 aromatic heterocycles. The van der Waals surface area contributed by atoms with Crippen molar-refractivity contribution in [1.29, 1.82) is 0 Å². The Balaban J connectivity index is 1.87. The van der Waals surface area contributed by atoms with Gasteiger partial charge in [0.25, 0.3) is 5.91 Å². The third-order valence-electron chi connectivity index (χ3n) is 4.49. The molecule has 1 fully saturated rings. The summed E-state index contributed by atoms with van der Waals surface area (Å²) in [6.07, 6.45) is 3.69. The van der Waals surface area contributed by atoms with E-state index >= 15 is 0 Å². The molecule has 108 valence electrons. The first-order valence-electron chi connectivity index (χ1n) is 7.02. The van der Waals surface area contributed by atoms with Crippen LogP contribution in [0.25, 0.3) is 11.3 Å². The zero-order valence-corrected chi connectivity index (χ0v) is 11.4. The summed E-state index contributed by atoms with van der Waals surface area (Å²) in [6.45, 7) is 2.36. The average Bonchev–Trinajstić information content (AvgIpc) is 3.12. The third-order valence-corrected chi connectivity index (χ3v) is 4.49. The Labute approximate surface area is 121 Å². The van der Waals surface area contributed by atoms with Gasteiger partial charge in [-0.05, 0) is 25.1 Å². The summed E-state index contributed by atoms with van der Waals surface area (Å²) in [6, 6.07) is 3.35. The molecule has 0 bridgehead atoms. The van der Waals surface area contributed by atoms with Crippen molar-refractivity contribution in [1.82, 2.24) is 20.6 Å². The number of aromatic amines is 1. The molecular formula is C15H15FN4O. The summed E-state index contributed by atoms with van der Waals surface area (Å²) in [5.74, 6) is -0.491. The minimum absolute atomic E-state index is 0.0977. The summed E-state index contributed by atoms with van der Waals surface area (Å²) in [5.41, 5.74) is 2.50. The molecule has 1 amide bonds. The van der Waals surface area contributed by atoms with Crippen LogP contribution in [0.4, 0.5) is 4.39 Å². The molecule has 1 saturated heterocycles. The predicted molar refractivity (Wildman–Crippen MR) is 75.5 cm³/mol. The number of carbonyl (C=O) groups excluding carboxylic acids is 1. The molecule has 4 heterocycles. The van der Waals surface area contributed by atoms with Crippen LogP contribution in [0.5, 0.6) is 0 Å². The molecule has 2 aromatic rings. The standard InChI is InChI=1S/C15H15FN4O/c16-11-6-17-3-1-9(11)12-5-10-13(20-12)15(2-4-18-7-15)8-19-14(10)21/h1,3,5-6,18,20H,2,4,7-8H2,(H,19,21). The fraction of sp³-hybridized carbons (Fsp3) is 0.333. The minimum atomic E-state index is -0.393. The van der Waals surface area contributed by atoms with Crippen molar-refractivity contribution in [3.8, 4) is 11.3 Å². The molecule has 0 aromatic carbocycles. The highest BCUT2D eigenvalue weighted by Gasteiger charge is 2.43. The number of rotatable bonds is 1. The number of halogens is 1. The Kier molecular flexibility index (Phi) is 2.62. The van der Waals surface area contributed by atoms with Gasteiger partial charge in [0.2, 0.25) is 0 Å². The second kappa shape index (κ2) is 4.39. The van der Waals surface area contributed by atoms with Gasteiger partial charge in [-0.3, -0.25) is 9.78 Å². The molecule has 2 aliphatic heterocycles. The zero-order chi connectivity index (χ0) is 14.4. The van der Waals surface area contributed by atoms with Crippen molar-refractivity contribution in [2.75, 3.05) is 19.6 Å². The van der Waals surface area contributed by atoms with E-state index in [9.17, 15) is 9.18 Å². The van der Waals surface area contributed by atoms with Crippen LogP contribution in [-0.2, 0) is 5.41 Å². The summed E-state index contributed by atoms with van der Waals surface area (Å²) >= 11 is 0. The van der Waals surface area contributed by atoms with Gasteiger partial charge in [0.05, 0.1) is 11.8 Å². The lowest BCUT2D eigenvalue weighted by Gasteiger charge is -2.32. The lowest BCUT2D eigenvalue weighted by atomic mass is 9.79. The van der Waals surface area contributed by atoms with Crippen LogP contribution in [0.3, 0.4) is 0 Å². The number of carbonyl (C=O) groups is 1. The van der Waals surface area contributed by atoms with E-state index in [1.807, 2.05) is 0 Å². The molecule has 0 saturated carbocycles. The quantitative estimate of drug-likeness (QED) is 0.737. The Bertz CT molecular complexity index is 718. The molecule has 0 radical (unpaired) electrons. The number of hydrogen-bond acceptors (Lipinski definition) is 3. The average molecular weight is 286 g/mol. The maximum atomic E-state index is 13.9. The van der Waals surface area contributed by atoms with Crippen molar-refractivity contribution < 1.29 is 9.18 Å². The topological polar surface area (TPSA) is 69.8 Å². The number of amides is 1. The Hall–Kier alpha value is -2.21. The van der Waals surface area contributed by atoms with Gasteiger partial charge in [0.1, 0.15) is 0 Å². The molecule has 1 atom stereocenters. The van der Waals surface area contributed by atoms with E-state index in [-0.39, 0.29) is 11.3 Å². The fourth-order valence-corrected chi connectivity index (χ4v) is 3.33. The van der Waals surface area contributed by atoms with Crippen molar-refractivity contribution in [3.63, 3.8) is 0 Å². The first-order valence-corrected chi connectivity index (χ1v) is 7.02. The first-order chi connectivity index (χ1) is 10.2. The Morgan fingerprint density at radius 3 is 2.95 bits per heavy atom. The number of aromatic nitrogens is 2. The number of pyridine rings is 1. The Morgan fingerprint density at radius 2 is 2.19 bits per heavy atom. The number of nitrogens with zero attached hydrogens (tertiary/aromatic N) is 1. The molecule has 5 nitrogen and oxygen atoms in total. The van der Waals surface area contributed by atoms with Gasteiger partial charge in [-0.25, -0.2) is 4.39 Å². The maximum absolute atomic E-state index is 13.9. The van der Waals surface area contributed by atoms with Crippen LogP contribution >= 0.6 is 0 Å². The highest BCUT2D eigenvalue weighted by Crippen LogP contribution is 2.37. The number of nitrogens with one attached hydrogen (secondary N) is 3. The van der Waals surface area contributed by atoms with Crippen LogP contribution in [0, 0.1) is 5.82 Å². The van der Waals surface area contributed by atoms with Gasteiger partial charge < -0.3 is 15.6 Å². The molecule has 3 N–H and O–H groups in total. The van der Waals surface area contributed by atoms with Gasteiger partial charge in [0.15, 0.2) is 5.82 Å². The Morgan fingerprint density at radius 1 is 1.29 bits per heavy atom. The maximum Gasteiger partial charge on any atom is 0.253 e. The highest BCUT2D eigenvalue weighted by atomic mass is 19.1. The van der Waals surface area contributed by atoms with Crippen molar-refractivity contribution in [2.45, 2.75) is 11.8 Å². The normalized spacial score (nSPS) is 24.1. The summed E-state index contributed by atoms with van der Waals surface area (Å²) in [7, 11) is 0. The van der Waals surface area contributed by atoms with Gasteiger partial charge in [-0.15, -0.1) is 0 Å². The van der Waals surface area contributed by atoms with E-state index in [0.717, 1.165) is 25.2 Å². The SMILES string of the molecule is O=C1NCC2(CCNC2)c2[nH]c(-c3ccncc3F)cc21. The first kappa shape index (κ1) is 12.5. The van der Waals surface area contributed by atoms with E-state index in [2.05, 4.69) is 20.6 Å². The molecule has 1 spiro atoms. The highest BCUT2D eigenvalue weighted by molar-refractivity contribution is 5.98. The molecular weight excluding hydrogens is 271 g/mol. The smallest absolute Gasteiger partial charge is 0.253 e. The van der Waals surface area contributed by atoms with Gasteiger partial charge >= 0.3 is 0 Å². The third kappa shape index (κ3) is 1.79. The van der Waals surface area contributed by atoms with Gasteiger partial charge in [0, 0.05) is 41.7 Å². The van der Waals surface area contributed by atoms with E-state index in [4.69, 9.17) is 0 Å². The number of fused-ring (bicyclic) bond motifs is 2. The van der Waals surface area contributed by atoms with E-state index in [1.54, 1.807) is 18.3 Å². The van der Waals surface area contributed by atoms with Crippen LogP contribution in [0.2, 0.25) is 0 Å². The predicted octanol–water partition coefficient (Wildman–Crippen LogP) is 1.19. The molecule has 1 unspecified atom stereocenters. The molecule has 6 heteroatoms. The van der Waals surface area contributed by atoms with Gasteiger partial charge in [-0.2, -0.15) is 0 Å². The van der Waals surface area contributed by atoms with Crippen molar-refractivity contribution in [3.05, 3.63) is 41.6 Å².